The molecule has 0 spiro atoms. The lowest BCUT2D eigenvalue weighted by Gasteiger charge is -2.10. The summed E-state index contributed by atoms with van der Waals surface area (Å²) in [7, 11) is 0. The van der Waals surface area contributed by atoms with Gasteiger partial charge < -0.3 is 5.32 Å². The molecule has 19 heavy (non-hydrogen) atoms. The standard InChI is InChI=1S/C14H7ClFN3/c15-10-5-4-9(7-17)14(6-10)19-13-3-1-2-12(16)11(13)8-18/h1-6,19H. The molecule has 2 aromatic carbocycles. The minimum Gasteiger partial charge on any atom is -0.353 e. The average Bonchev–Trinajstić information content (AvgIpc) is 2.39. The maximum Gasteiger partial charge on any atom is 0.143 e. The fourth-order valence-electron chi connectivity index (χ4n) is 1.60. The number of rotatable bonds is 2. The Morgan fingerprint density at radius 1 is 1.05 bits per heavy atom. The van der Waals surface area contributed by atoms with Crippen LogP contribution in [0.2, 0.25) is 5.02 Å². The van der Waals surface area contributed by atoms with Crippen molar-refractivity contribution in [1.82, 2.24) is 0 Å². The van der Waals surface area contributed by atoms with Gasteiger partial charge >= 0.3 is 0 Å². The molecular formula is C14H7ClFN3. The highest BCUT2D eigenvalue weighted by Crippen LogP contribution is 2.27. The molecule has 0 saturated heterocycles. The molecule has 0 radical (unpaired) electrons. The zero-order valence-corrected chi connectivity index (χ0v) is 10.4. The van der Waals surface area contributed by atoms with Gasteiger partial charge in [0.05, 0.1) is 16.9 Å². The Morgan fingerprint density at radius 2 is 1.84 bits per heavy atom. The van der Waals surface area contributed by atoms with Crippen LogP contribution < -0.4 is 5.32 Å². The summed E-state index contributed by atoms with van der Waals surface area (Å²) in [4.78, 5) is 0. The zero-order chi connectivity index (χ0) is 13.8. The van der Waals surface area contributed by atoms with Crippen LogP contribution in [0.5, 0.6) is 0 Å². The van der Waals surface area contributed by atoms with Crippen LogP contribution in [0.4, 0.5) is 15.8 Å². The fraction of sp³-hybridized carbons (Fsp3) is 0. The molecule has 2 aromatic rings. The quantitative estimate of drug-likeness (QED) is 0.899. The van der Waals surface area contributed by atoms with E-state index in [9.17, 15) is 4.39 Å². The van der Waals surface area contributed by atoms with Gasteiger partial charge in [-0.05, 0) is 30.3 Å². The second kappa shape index (κ2) is 5.39. The molecule has 0 bridgehead atoms. The summed E-state index contributed by atoms with van der Waals surface area (Å²) in [5, 5.41) is 21.2. The summed E-state index contributed by atoms with van der Waals surface area (Å²) in [6.45, 7) is 0. The first-order valence-corrected chi connectivity index (χ1v) is 5.69. The Labute approximate surface area is 114 Å². The normalized spacial score (nSPS) is 9.47. The zero-order valence-electron chi connectivity index (χ0n) is 9.61. The molecule has 2 rings (SSSR count). The van der Waals surface area contributed by atoms with Crippen LogP contribution >= 0.6 is 11.6 Å². The summed E-state index contributed by atoms with van der Waals surface area (Å²) in [5.41, 5.74) is 0.974. The van der Waals surface area contributed by atoms with E-state index in [1.807, 2.05) is 6.07 Å². The number of nitrogens with zero attached hydrogens (tertiary/aromatic N) is 2. The van der Waals surface area contributed by atoms with Crippen molar-refractivity contribution in [2.45, 2.75) is 0 Å². The predicted molar refractivity (Wildman–Crippen MR) is 70.6 cm³/mol. The number of hydrogen-bond acceptors (Lipinski definition) is 3. The molecule has 3 nitrogen and oxygen atoms in total. The van der Waals surface area contributed by atoms with E-state index in [4.69, 9.17) is 22.1 Å². The second-order valence-electron chi connectivity index (χ2n) is 3.70. The molecule has 0 unspecified atom stereocenters. The highest BCUT2D eigenvalue weighted by atomic mass is 35.5. The van der Waals surface area contributed by atoms with Crippen molar-refractivity contribution in [2.24, 2.45) is 0 Å². The third kappa shape index (κ3) is 2.65. The number of benzene rings is 2. The maximum atomic E-state index is 13.5. The molecule has 1 N–H and O–H groups in total. The van der Waals surface area contributed by atoms with Gasteiger partial charge in [-0.15, -0.1) is 0 Å². The summed E-state index contributed by atoms with van der Waals surface area (Å²) >= 11 is 5.86. The lowest BCUT2D eigenvalue weighted by molar-refractivity contribution is 0.624. The Kier molecular flexibility index (Phi) is 3.66. The van der Waals surface area contributed by atoms with E-state index in [0.717, 1.165) is 0 Å². The largest absolute Gasteiger partial charge is 0.353 e. The minimum absolute atomic E-state index is 0.105. The van der Waals surface area contributed by atoms with E-state index in [1.165, 1.54) is 12.1 Å². The number of halogens is 2. The molecule has 0 saturated carbocycles. The third-order valence-electron chi connectivity index (χ3n) is 2.50. The first-order chi connectivity index (χ1) is 9.15. The van der Waals surface area contributed by atoms with E-state index < -0.39 is 5.82 Å². The first kappa shape index (κ1) is 12.9. The van der Waals surface area contributed by atoms with Gasteiger partial charge in [0.1, 0.15) is 23.5 Å². The highest BCUT2D eigenvalue weighted by Gasteiger charge is 2.10. The van der Waals surface area contributed by atoms with Crippen molar-refractivity contribution in [2.75, 3.05) is 5.32 Å². The molecule has 0 aliphatic rings. The number of nitriles is 2. The van der Waals surface area contributed by atoms with Crippen LogP contribution in [0.1, 0.15) is 11.1 Å². The van der Waals surface area contributed by atoms with Crippen LogP contribution in [-0.4, -0.2) is 0 Å². The van der Waals surface area contributed by atoms with Gasteiger partial charge in [-0.3, -0.25) is 0 Å². The van der Waals surface area contributed by atoms with Crippen molar-refractivity contribution in [3.8, 4) is 12.1 Å². The average molecular weight is 272 g/mol. The fourth-order valence-corrected chi connectivity index (χ4v) is 1.78. The Balaban J connectivity index is 2.49. The molecule has 0 fully saturated rings. The van der Waals surface area contributed by atoms with Gasteiger partial charge in [0.2, 0.25) is 0 Å². The van der Waals surface area contributed by atoms with E-state index in [2.05, 4.69) is 5.32 Å². The predicted octanol–water partition coefficient (Wildman–Crippen LogP) is 3.97. The minimum atomic E-state index is -0.618. The molecular weight excluding hydrogens is 265 g/mol. The molecule has 0 amide bonds. The molecule has 0 aliphatic carbocycles. The second-order valence-corrected chi connectivity index (χ2v) is 4.14. The van der Waals surface area contributed by atoms with Crippen LogP contribution in [0.3, 0.4) is 0 Å². The van der Waals surface area contributed by atoms with Crippen LogP contribution in [-0.2, 0) is 0 Å². The van der Waals surface area contributed by atoms with Gasteiger partial charge in [0.25, 0.3) is 0 Å². The summed E-state index contributed by atoms with van der Waals surface area (Å²) < 4.78 is 13.5. The maximum absolute atomic E-state index is 13.5. The number of hydrogen-bond donors (Lipinski definition) is 1. The SMILES string of the molecule is N#Cc1ccc(Cl)cc1Nc1cccc(F)c1C#N. The van der Waals surface area contributed by atoms with Gasteiger partial charge in [-0.2, -0.15) is 10.5 Å². The Bertz CT molecular complexity index is 714. The van der Waals surface area contributed by atoms with Gasteiger partial charge in [0.15, 0.2) is 0 Å². The molecule has 92 valence electrons. The highest BCUT2D eigenvalue weighted by molar-refractivity contribution is 6.30. The summed E-state index contributed by atoms with van der Waals surface area (Å²) in [6.07, 6.45) is 0. The van der Waals surface area contributed by atoms with E-state index in [0.29, 0.717) is 22.0 Å². The molecule has 0 aliphatic heterocycles. The molecule has 0 atom stereocenters. The lowest BCUT2D eigenvalue weighted by Crippen LogP contribution is -1.98. The van der Waals surface area contributed by atoms with E-state index >= 15 is 0 Å². The summed E-state index contributed by atoms with van der Waals surface area (Å²) in [6, 6.07) is 12.7. The number of nitrogens with one attached hydrogen (secondary N) is 1. The van der Waals surface area contributed by atoms with E-state index in [-0.39, 0.29) is 5.56 Å². The Morgan fingerprint density at radius 3 is 2.53 bits per heavy atom. The topological polar surface area (TPSA) is 59.6 Å². The molecule has 0 heterocycles. The van der Waals surface area contributed by atoms with E-state index in [1.54, 1.807) is 30.3 Å². The van der Waals surface area contributed by atoms with Crippen molar-refractivity contribution in [1.29, 1.82) is 10.5 Å². The van der Waals surface area contributed by atoms with Gasteiger partial charge in [-0.25, -0.2) is 4.39 Å². The van der Waals surface area contributed by atoms with Crippen molar-refractivity contribution < 1.29 is 4.39 Å². The smallest absolute Gasteiger partial charge is 0.143 e. The van der Waals surface area contributed by atoms with Crippen LogP contribution in [0.15, 0.2) is 36.4 Å². The number of anilines is 2. The monoisotopic (exact) mass is 271 g/mol. The molecule has 0 aromatic heterocycles. The third-order valence-corrected chi connectivity index (χ3v) is 2.73. The van der Waals surface area contributed by atoms with Gasteiger partial charge in [-0.1, -0.05) is 17.7 Å². The van der Waals surface area contributed by atoms with Gasteiger partial charge in [0, 0.05) is 5.02 Å². The Hall–Kier alpha value is -2.56. The molecule has 5 heteroatoms. The van der Waals surface area contributed by atoms with Crippen molar-refractivity contribution in [3.05, 3.63) is 58.4 Å². The van der Waals surface area contributed by atoms with Crippen LogP contribution in [0, 0.1) is 28.5 Å². The first-order valence-electron chi connectivity index (χ1n) is 5.31. The van der Waals surface area contributed by atoms with Crippen LogP contribution in [0.25, 0.3) is 0 Å². The summed E-state index contributed by atoms with van der Waals surface area (Å²) in [5.74, 6) is -0.618. The lowest BCUT2D eigenvalue weighted by atomic mass is 10.1. The van der Waals surface area contributed by atoms with Crippen molar-refractivity contribution >= 4 is 23.0 Å². The van der Waals surface area contributed by atoms with Crippen molar-refractivity contribution in [3.63, 3.8) is 0 Å².